The second-order valence-electron chi connectivity index (χ2n) is 12.1. The molecule has 2 heterocycles. The number of halogens is 6. The van der Waals surface area contributed by atoms with Gasteiger partial charge in [-0.25, -0.2) is 35.3 Å². The average molecular weight is 717 g/mol. The lowest BCUT2D eigenvalue weighted by molar-refractivity contribution is -0.137. The van der Waals surface area contributed by atoms with Gasteiger partial charge in [-0.2, -0.15) is 13.2 Å². The van der Waals surface area contributed by atoms with E-state index in [9.17, 15) is 30.8 Å². The molecular weight excluding hydrogens is 686 g/mol. The van der Waals surface area contributed by atoms with E-state index in [1.165, 1.54) is 24.3 Å². The predicted octanol–water partition coefficient (Wildman–Crippen LogP) is 8.33. The van der Waals surface area contributed by atoms with E-state index in [1.807, 2.05) is 6.07 Å². The number of rotatable bonds is 8. The monoisotopic (exact) mass is 716 g/mol. The number of carbonyl (C=O) groups excluding carboxylic acids is 1. The van der Waals surface area contributed by atoms with Crippen molar-refractivity contribution < 1.29 is 44.3 Å². The Bertz CT molecular complexity index is 2160. The van der Waals surface area contributed by atoms with E-state index in [-0.39, 0.29) is 24.0 Å². The number of ether oxygens (including phenoxy) is 1. The summed E-state index contributed by atoms with van der Waals surface area (Å²) >= 11 is 0. The molecule has 1 saturated carbocycles. The van der Waals surface area contributed by atoms with Gasteiger partial charge >= 0.3 is 12.3 Å². The number of hydrogen-bond donors (Lipinski definition) is 2. The number of carbonyl (C=O) groups is 1. The van der Waals surface area contributed by atoms with Gasteiger partial charge in [0.15, 0.2) is 17.5 Å². The normalized spacial score (nSPS) is 16.7. The van der Waals surface area contributed by atoms with Crippen LogP contribution in [0, 0.1) is 24.4 Å². The molecule has 5 aromatic rings. The number of hydrogen-bond acceptors (Lipinski definition) is 6. The Morgan fingerprint density at radius 1 is 0.960 bits per heavy atom. The summed E-state index contributed by atoms with van der Waals surface area (Å²) in [5.74, 6) is -4.48. The number of pyridine rings is 1. The number of nitrogens with zero attached hydrogens (tertiary/aromatic N) is 2. The molecule has 262 valence electrons. The van der Waals surface area contributed by atoms with Crippen LogP contribution in [0.5, 0.6) is 0 Å². The first-order chi connectivity index (χ1) is 23.7. The van der Waals surface area contributed by atoms with Crippen LogP contribution in [-0.4, -0.2) is 35.6 Å². The molecule has 6 rings (SSSR count). The molecule has 8 nitrogen and oxygen atoms in total. The van der Waals surface area contributed by atoms with E-state index < -0.39 is 85.4 Å². The molecule has 0 unspecified atom stereocenters. The summed E-state index contributed by atoms with van der Waals surface area (Å²) < 4.78 is 121. The van der Waals surface area contributed by atoms with Gasteiger partial charge in [-0.05, 0) is 62.4 Å². The predicted molar refractivity (Wildman–Crippen MR) is 173 cm³/mol. The fourth-order valence-corrected chi connectivity index (χ4v) is 7.41. The summed E-state index contributed by atoms with van der Waals surface area (Å²) in [6.07, 6.45) is -3.29. The van der Waals surface area contributed by atoms with E-state index in [1.54, 1.807) is 31.2 Å². The summed E-state index contributed by atoms with van der Waals surface area (Å²) in [4.78, 5) is 16.1. The van der Waals surface area contributed by atoms with Crippen LogP contribution in [0.4, 0.5) is 37.0 Å². The molecule has 0 aliphatic heterocycles. The Balaban J connectivity index is 1.34. The Kier molecular flexibility index (Phi) is 9.53. The van der Waals surface area contributed by atoms with Gasteiger partial charge in [0.2, 0.25) is 0 Å². The van der Waals surface area contributed by atoms with Crippen LogP contribution in [0.1, 0.15) is 42.4 Å². The summed E-state index contributed by atoms with van der Waals surface area (Å²) in [6, 6.07) is 14.8. The van der Waals surface area contributed by atoms with Crippen LogP contribution >= 0.6 is 0 Å². The molecule has 0 bridgehead atoms. The quantitative estimate of drug-likeness (QED) is 0.157. The topological polar surface area (TPSA) is 102 Å². The van der Waals surface area contributed by atoms with E-state index in [4.69, 9.17) is 4.74 Å². The highest BCUT2D eigenvalue weighted by molar-refractivity contribution is 7.90. The van der Waals surface area contributed by atoms with Gasteiger partial charge in [-0.3, -0.25) is 0 Å². The summed E-state index contributed by atoms with van der Waals surface area (Å²) in [6.45, 7) is 1.75. The van der Waals surface area contributed by atoms with Crippen molar-refractivity contribution in [3.63, 3.8) is 0 Å². The van der Waals surface area contributed by atoms with Crippen LogP contribution in [0.15, 0.2) is 83.9 Å². The molecule has 15 heteroatoms. The van der Waals surface area contributed by atoms with Crippen molar-refractivity contribution in [2.75, 3.05) is 5.32 Å². The lowest BCUT2D eigenvalue weighted by Crippen LogP contribution is -2.42. The van der Waals surface area contributed by atoms with Crippen molar-refractivity contribution >= 4 is 32.8 Å². The molecule has 0 spiro atoms. The van der Waals surface area contributed by atoms with Crippen LogP contribution in [-0.2, 0) is 27.5 Å². The Labute approximate surface area is 283 Å². The maximum Gasteiger partial charge on any atom is 0.418 e. The van der Waals surface area contributed by atoms with Crippen molar-refractivity contribution in [3.05, 3.63) is 113 Å². The fraction of sp³-hybridized carbons (Fsp3) is 0.257. The summed E-state index contributed by atoms with van der Waals surface area (Å²) in [7, 11) is -4.62. The second kappa shape index (κ2) is 13.7. The van der Waals surface area contributed by atoms with Crippen molar-refractivity contribution in [2.45, 2.75) is 62.4 Å². The van der Waals surface area contributed by atoms with Crippen molar-refractivity contribution in [3.8, 4) is 11.3 Å². The van der Waals surface area contributed by atoms with Gasteiger partial charge in [0, 0.05) is 35.3 Å². The number of alkyl carbamates (subject to hydrolysis) is 1. The number of aromatic nitrogens is 2. The molecule has 1 fully saturated rings. The maximum atomic E-state index is 15.4. The smallest absolute Gasteiger partial charge is 0.418 e. The highest BCUT2D eigenvalue weighted by Gasteiger charge is 2.38. The molecule has 1 amide bonds. The van der Waals surface area contributed by atoms with Crippen LogP contribution < -0.4 is 10.6 Å². The standard InChI is InChI=1S/C35H30F6N4O4S/c1-20-10-12-25(13-11-20)50(47,48)45-18-27(26-14-22(36)15-29(37)32(26)45)31-28(35(39,40)41)17-30(38)33(44-31)42-23-8-5-9-24(16-23)43-34(46)49-19-21-6-3-2-4-7-21/h2-4,6-7,10-15,17-18,23-24H,5,8-9,16,19H2,1H3,(H,42,44)(H,43,46)/t23-,24+/m1/s1. The van der Waals surface area contributed by atoms with E-state index in [2.05, 4.69) is 15.6 Å². The Morgan fingerprint density at radius 2 is 1.66 bits per heavy atom. The number of benzene rings is 3. The van der Waals surface area contributed by atoms with E-state index in [0.29, 0.717) is 40.9 Å². The largest absolute Gasteiger partial charge is 0.445 e. The first-order valence-electron chi connectivity index (χ1n) is 15.5. The second-order valence-corrected chi connectivity index (χ2v) is 13.9. The number of anilines is 1. The van der Waals surface area contributed by atoms with E-state index >= 15 is 8.78 Å². The molecule has 2 N–H and O–H groups in total. The molecule has 0 saturated heterocycles. The number of alkyl halides is 3. The van der Waals surface area contributed by atoms with Crippen LogP contribution in [0.25, 0.3) is 22.2 Å². The SMILES string of the molecule is Cc1ccc(S(=O)(=O)n2cc(-c3nc(N[C@@H]4CCC[C@H](NC(=O)OCc5ccccc5)C4)c(F)cc3C(F)(F)F)c3cc(F)cc(F)c32)cc1. The summed E-state index contributed by atoms with van der Waals surface area (Å²) in [5.41, 5.74) is -2.33. The molecule has 3 aromatic carbocycles. The Morgan fingerprint density at radius 3 is 2.36 bits per heavy atom. The minimum Gasteiger partial charge on any atom is -0.445 e. The number of amides is 1. The van der Waals surface area contributed by atoms with Gasteiger partial charge in [0.25, 0.3) is 10.0 Å². The molecular formula is C35H30F6N4O4S. The third-order valence-corrected chi connectivity index (χ3v) is 10.1. The molecule has 0 radical (unpaired) electrons. The van der Waals surface area contributed by atoms with Gasteiger partial charge < -0.3 is 15.4 Å². The first kappa shape index (κ1) is 34.8. The molecule has 2 aromatic heterocycles. The zero-order valence-electron chi connectivity index (χ0n) is 26.4. The minimum absolute atomic E-state index is 0.0427. The average Bonchev–Trinajstić information content (AvgIpc) is 3.45. The fourth-order valence-electron chi connectivity index (χ4n) is 6.04. The number of fused-ring (bicyclic) bond motifs is 1. The van der Waals surface area contributed by atoms with E-state index in [0.717, 1.165) is 11.8 Å². The highest BCUT2D eigenvalue weighted by Crippen LogP contribution is 2.42. The number of nitrogens with one attached hydrogen (secondary N) is 2. The molecule has 2 atom stereocenters. The van der Waals surface area contributed by atoms with Crippen molar-refractivity contribution in [1.82, 2.24) is 14.3 Å². The van der Waals surface area contributed by atoms with Crippen LogP contribution in [0.3, 0.4) is 0 Å². The first-order valence-corrected chi connectivity index (χ1v) is 17.0. The Hall–Kier alpha value is -5.05. The lowest BCUT2D eigenvalue weighted by atomic mass is 9.91. The summed E-state index contributed by atoms with van der Waals surface area (Å²) in [5, 5.41) is 5.05. The zero-order chi connectivity index (χ0) is 35.8. The highest BCUT2D eigenvalue weighted by atomic mass is 32.2. The van der Waals surface area contributed by atoms with Gasteiger partial charge in [0.1, 0.15) is 17.9 Å². The molecule has 1 aliphatic rings. The third kappa shape index (κ3) is 7.27. The molecule has 1 aliphatic carbocycles. The van der Waals surface area contributed by atoms with Gasteiger partial charge in [-0.1, -0.05) is 48.0 Å². The molecule has 50 heavy (non-hydrogen) atoms. The minimum atomic E-state index is -5.20. The number of aryl methyl sites for hydroxylation is 1. The maximum absolute atomic E-state index is 15.4. The van der Waals surface area contributed by atoms with Crippen molar-refractivity contribution in [1.29, 1.82) is 0 Å². The van der Waals surface area contributed by atoms with Crippen molar-refractivity contribution in [2.24, 2.45) is 0 Å². The van der Waals surface area contributed by atoms with Gasteiger partial charge in [0.05, 0.1) is 16.2 Å². The van der Waals surface area contributed by atoms with Crippen LogP contribution in [0.2, 0.25) is 0 Å². The zero-order valence-corrected chi connectivity index (χ0v) is 27.2. The van der Waals surface area contributed by atoms with Gasteiger partial charge in [-0.15, -0.1) is 0 Å². The lowest BCUT2D eigenvalue weighted by Gasteiger charge is -2.30. The third-order valence-electron chi connectivity index (χ3n) is 8.45.